The van der Waals surface area contributed by atoms with Crippen LogP contribution in [0.2, 0.25) is 5.02 Å². The standard InChI is InChI=1S/C19H17ClN4O/c1-11-19-23-22-12(2)24(19)17-9-8-15(25-3)10-16(17)18(21-11)13-4-6-14(20)7-5-13/h4-11H,1-3H3/t11-/m0/s1. The number of aryl methyl sites for hydroxylation is 1. The summed E-state index contributed by atoms with van der Waals surface area (Å²) in [6.45, 7) is 3.98. The zero-order valence-electron chi connectivity index (χ0n) is 14.2. The topological polar surface area (TPSA) is 52.3 Å². The number of benzene rings is 2. The van der Waals surface area contributed by atoms with Crippen molar-refractivity contribution in [2.45, 2.75) is 19.9 Å². The van der Waals surface area contributed by atoms with Gasteiger partial charge in [0.05, 0.1) is 18.5 Å². The van der Waals surface area contributed by atoms with E-state index in [9.17, 15) is 0 Å². The predicted molar refractivity (Wildman–Crippen MR) is 98.2 cm³/mol. The largest absolute Gasteiger partial charge is 0.497 e. The van der Waals surface area contributed by atoms with Gasteiger partial charge in [0.2, 0.25) is 0 Å². The molecule has 126 valence electrons. The second-order valence-electron chi connectivity index (χ2n) is 5.98. The van der Waals surface area contributed by atoms with Crippen molar-refractivity contribution in [3.05, 3.63) is 70.3 Å². The van der Waals surface area contributed by atoms with Crippen LogP contribution in [0.1, 0.15) is 35.7 Å². The smallest absolute Gasteiger partial charge is 0.162 e. The van der Waals surface area contributed by atoms with Crippen LogP contribution in [0.4, 0.5) is 0 Å². The molecule has 1 aliphatic heterocycles. The maximum absolute atomic E-state index is 6.05. The maximum Gasteiger partial charge on any atom is 0.162 e. The first-order chi connectivity index (χ1) is 12.1. The molecule has 1 aromatic heterocycles. The molecule has 0 fully saturated rings. The Balaban J connectivity index is 2.02. The fraction of sp³-hybridized carbons (Fsp3) is 0.211. The van der Waals surface area contributed by atoms with Gasteiger partial charge in [-0.25, -0.2) is 0 Å². The van der Waals surface area contributed by atoms with Gasteiger partial charge in [-0.1, -0.05) is 23.7 Å². The Morgan fingerprint density at radius 1 is 1.08 bits per heavy atom. The molecule has 4 rings (SSSR count). The summed E-state index contributed by atoms with van der Waals surface area (Å²) in [4.78, 5) is 4.94. The normalized spacial score (nSPS) is 15.8. The number of halogens is 1. The van der Waals surface area contributed by atoms with Gasteiger partial charge in [-0.15, -0.1) is 10.2 Å². The highest BCUT2D eigenvalue weighted by atomic mass is 35.5. The minimum Gasteiger partial charge on any atom is -0.497 e. The lowest BCUT2D eigenvalue weighted by Crippen LogP contribution is -2.08. The molecule has 0 aliphatic carbocycles. The first kappa shape index (κ1) is 15.8. The molecule has 0 spiro atoms. The average Bonchev–Trinajstić information content (AvgIpc) is 2.95. The van der Waals surface area contributed by atoms with E-state index in [2.05, 4.69) is 14.8 Å². The Bertz CT molecular complexity index is 976. The van der Waals surface area contributed by atoms with E-state index in [1.807, 2.05) is 56.3 Å². The molecule has 2 heterocycles. The molecule has 1 atom stereocenters. The van der Waals surface area contributed by atoms with Crippen LogP contribution in [0, 0.1) is 6.92 Å². The Hall–Kier alpha value is -2.66. The lowest BCUT2D eigenvalue weighted by Gasteiger charge is -2.14. The van der Waals surface area contributed by atoms with Gasteiger partial charge < -0.3 is 4.74 Å². The van der Waals surface area contributed by atoms with Crippen LogP contribution in [0.15, 0.2) is 47.5 Å². The summed E-state index contributed by atoms with van der Waals surface area (Å²) in [6.07, 6.45) is 0. The van der Waals surface area contributed by atoms with Crippen LogP contribution < -0.4 is 4.74 Å². The van der Waals surface area contributed by atoms with Crippen molar-refractivity contribution in [2.24, 2.45) is 4.99 Å². The van der Waals surface area contributed by atoms with Gasteiger partial charge in [-0.3, -0.25) is 9.56 Å². The molecular formula is C19H17ClN4O. The third-order valence-corrected chi connectivity index (χ3v) is 4.62. The molecule has 0 amide bonds. The summed E-state index contributed by atoms with van der Waals surface area (Å²) in [7, 11) is 1.66. The molecule has 0 N–H and O–H groups in total. The van der Waals surface area contributed by atoms with Crippen molar-refractivity contribution in [3.8, 4) is 11.4 Å². The lowest BCUT2D eigenvalue weighted by molar-refractivity contribution is 0.414. The van der Waals surface area contributed by atoms with Crippen molar-refractivity contribution in [3.63, 3.8) is 0 Å². The number of hydrogen-bond donors (Lipinski definition) is 0. The molecule has 0 bridgehead atoms. The molecule has 5 nitrogen and oxygen atoms in total. The first-order valence-corrected chi connectivity index (χ1v) is 8.40. The van der Waals surface area contributed by atoms with Gasteiger partial charge in [-0.2, -0.15) is 0 Å². The van der Waals surface area contributed by atoms with Crippen LogP contribution in [-0.4, -0.2) is 27.6 Å². The van der Waals surface area contributed by atoms with Gasteiger partial charge in [0, 0.05) is 16.1 Å². The summed E-state index contributed by atoms with van der Waals surface area (Å²) in [6, 6.07) is 13.6. The van der Waals surface area contributed by atoms with E-state index >= 15 is 0 Å². The monoisotopic (exact) mass is 352 g/mol. The Labute approximate surface area is 151 Å². The average molecular weight is 353 g/mol. The Morgan fingerprint density at radius 2 is 1.84 bits per heavy atom. The second kappa shape index (κ2) is 6.01. The van der Waals surface area contributed by atoms with Gasteiger partial charge >= 0.3 is 0 Å². The Morgan fingerprint density at radius 3 is 2.56 bits per heavy atom. The number of hydrogen-bond acceptors (Lipinski definition) is 4. The molecule has 1 aliphatic rings. The lowest BCUT2D eigenvalue weighted by atomic mass is 10.00. The molecule has 0 saturated carbocycles. The van der Waals surface area contributed by atoms with Gasteiger partial charge in [-0.05, 0) is 44.2 Å². The van der Waals surface area contributed by atoms with Crippen LogP contribution in [-0.2, 0) is 0 Å². The van der Waals surface area contributed by atoms with Crippen molar-refractivity contribution >= 4 is 17.3 Å². The third kappa shape index (κ3) is 2.61. The van der Waals surface area contributed by atoms with Gasteiger partial charge in [0.1, 0.15) is 17.6 Å². The van der Waals surface area contributed by atoms with Crippen molar-refractivity contribution in [1.29, 1.82) is 0 Å². The first-order valence-electron chi connectivity index (χ1n) is 8.03. The van der Waals surface area contributed by atoms with E-state index in [1.54, 1.807) is 7.11 Å². The van der Waals surface area contributed by atoms with E-state index in [0.717, 1.165) is 39.9 Å². The SMILES string of the molecule is COc1ccc2c(c1)C(c1ccc(Cl)cc1)=N[C@@H](C)c1nnc(C)n1-2. The molecule has 0 unspecified atom stereocenters. The second-order valence-corrected chi connectivity index (χ2v) is 6.42. The molecule has 6 heteroatoms. The van der Waals surface area contributed by atoms with Crippen molar-refractivity contribution in [1.82, 2.24) is 14.8 Å². The molecule has 0 saturated heterocycles. The highest BCUT2D eigenvalue weighted by molar-refractivity contribution is 6.30. The minimum absolute atomic E-state index is 0.120. The quantitative estimate of drug-likeness (QED) is 0.696. The molecular weight excluding hydrogens is 336 g/mol. The number of rotatable bonds is 2. The van der Waals surface area contributed by atoms with Gasteiger partial charge in [0.15, 0.2) is 5.82 Å². The summed E-state index contributed by atoms with van der Waals surface area (Å²) in [5, 5.41) is 9.27. The van der Waals surface area contributed by atoms with E-state index < -0.39 is 0 Å². The highest BCUT2D eigenvalue weighted by Gasteiger charge is 2.26. The number of aliphatic imine (C=N–C) groups is 1. The highest BCUT2D eigenvalue weighted by Crippen LogP contribution is 2.32. The van der Waals surface area contributed by atoms with E-state index in [1.165, 1.54) is 0 Å². The maximum atomic E-state index is 6.05. The van der Waals surface area contributed by atoms with Gasteiger partial charge in [0.25, 0.3) is 0 Å². The molecule has 0 radical (unpaired) electrons. The third-order valence-electron chi connectivity index (χ3n) is 4.36. The molecule has 25 heavy (non-hydrogen) atoms. The summed E-state index contributed by atoms with van der Waals surface area (Å²) in [5.74, 6) is 2.44. The fourth-order valence-electron chi connectivity index (χ4n) is 3.13. The Kier molecular flexibility index (Phi) is 3.81. The number of ether oxygens (including phenoxy) is 1. The number of nitrogens with zero attached hydrogens (tertiary/aromatic N) is 4. The summed E-state index contributed by atoms with van der Waals surface area (Å²) >= 11 is 6.05. The van der Waals surface area contributed by atoms with E-state index in [0.29, 0.717) is 5.02 Å². The van der Waals surface area contributed by atoms with E-state index in [4.69, 9.17) is 21.3 Å². The molecule has 2 aromatic carbocycles. The zero-order valence-corrected chi connectivity index (χ0v) is 14.9. The van der Waals surface area contributed by atoms with Crippen LogP contribution in [0.5, 0.6) is 5.75 Å². The zero-order chi connectivity index (χ0) is 17.6. The van der Waals surface area contributed by atoms with Crippen LogP contribution >= 0.6 is 11.6 Å². The number of fused-ring (bicyclic) bond motifs is 3. The summed E-state index contributed by atoms with van der Waals surface area (Å²) < 4.78 is 7.50. The van der Waals surface area contributed by atoms with Crippen molar-refractivity contribution < 1.29 is 4.74 Å². The van der Waals surface area contributed by atoms with E-state index in [-0.39, 0.29) is 6.04 Å². The van der Waals surface area contributed by atoms with Crippen LogP contribution in [0.3, 0.4) is 0 Å². The summed E-state index contributed by atoms with van der Waals surface area (Å²) in [5.41, 5.74) is 3.87. The number of methoxy groups -OCH3 is 1. The predicted octanol–water partition coefficient (Wildman–Crippen LogP) is 4.15. The fourth-order valence-corrected chi connectivity index (χ4v) is 3.26. The minimum atomic E-state index is -0.120. The van der Waals surface area contributed by atoms with Crippen LogP contribution in [0.25, 0.3) is 5.69 Å². The van der Waals surface area contributed by atoms with Crippen molar-refractivity contribution in [2.75, 3.05) is 7.11 Å². The molecule has 3 aromatic rings. The number of aromatic nitrogens is 3.